The summed E-state index contributed by atoms with van der Waals surface area (Å²) in [6.07, 6.45) is 4.02. The maximum atomic E-state index is 13.5. The van der Waals surface area contributed by atoms with Gasteiger partial charge in [0.1, 0.15) is 0 Å². The van der Waals surface area contributed by atoms with Crippen LogP contribution in [0.5, 0.6) is 0 Å². The summed E-state index contributed by atoms with van der Waals surface area (Å²) in [5.74, 6) is -0.272. The molecule has 0 aliphatic carbocycles. The van der Waals surface area contributed by atoms with Crippen LogP contribution in [0, 0.1) is 0 Å². The zero-order valence-electron chi connectivity index (χ0n) is 19.9. The zero-order chi connectivity index (χ0) is 23.1. The monoisotopic (exact) mass is 446 g/mol. The fraction of sp³-hybridized carbons (Fsp3) is 0.464. The molecule has 3 heterocycles. The van der Waals surface area contributed by atoms with Crippen LogP contribution in [0.3, 0.4) is 0 Å². The summed E-state index contributed by atoms with van der Waals surface area (Å²) >= 11 is 0. The molecule has 3 aromatic rings. The van der Waals surface area contributed by atoms with Crippen LogP contribution in [-0.2, 0) is 19.7 Å². The minimum atomic E-state index is -0.462. The highest BCUT2D eigenvalue weighted by molar-refractivity contribution is 5.86. The molecular formula is C28H34N2O3. The summed E-state index contributed by atoms with van der Waals surface area (Å²) < 4.78 is 11.7. The Morgan fingerprint density at radius 1 is 1.03 bits per heavy atom. The van der Waals surface area contributed by atoms with Gasteiger partial charge in [-0.25, -0.2) is 0 Å². The number of hydrogen-bond acceptors (Lipinski definition) is 3. The molecule has 1 aromatic heterocycles. The number of ether oxygens (including phenoxy) is 2. The average Bonchev–Trinajstić information content (AvgIpc) is 3.45. The number of nitrogens with one attached hydrogen (secondary N) is 1. The van der Waals surface area contributed by atoms with E-state index < -0.39 is 5.79 Å². The van der Waals surface area contributed by atoms with Gasteiger partial charge in [-0.2, -0.15) is 0 Å². The molecule has 1 atom stereocenters. The van der Waals surface area contributed by atoms with Gasteiger partial charge >= 0.3 is 0 Å². The van der Waals surface area contributed by atoms with Crippen molar-refractivity contribution in [2.24, 2.45) is 0 Å². The number of rotatable bonds is 4. The number of fused-ring (bicyclic) bond motifs is 1. The van der Waals surface area contributed by atoms with E-state index in [1.165, 1.54) is 22.1 Å². The van der Waals surface area contributed by atoms with E-state index in [0.29, 0.717) is 32.7 Å². The zero-order valence-corrected chi connectivity index (χ0v) is 19.9. The number of benzene rings is 2. The smallest absolute Gasteiger partial charge is 0.223 e. The molecule has 2 aromatic carbocycles. The molecule has 1 spiro atoms. The van der Waals surface area contributed by atoms with Crippen LogP contribution in [0.15, 0.2) is 54.7 Å². The van der Waals surface area contributed by atoms with Crippen LogP contribution in [0.4, 0.5) is 0 Å². The van der Waals surface area contributed by atoms with Gasteiger partial charge in [0.15, 0.2) is 5.79 Å². The van der Waals surface area contributed by atoms with Crippen molar-refractivity contribution in [3.63, 3.8) is 0 Å². The number of aromatic amines is 1. The third kappa shape index (κ3) is 4.44. The van der Waals surface area contributed by atoms with Crippen LogP contribution in [0.2, 0.25) is 0 Å². The molecule has 5 nitrogen and oxygen atoms in total. The van der Waals surface area contributed by atoms with E-state index >= 15 is 0 Å². The molecule has 0 unspecified atom stereocenters. The van der Waals surface area contributed by atoms with Gasteiger partial charge in [-0.3, -0.25) is 4.79 Å². The van der Waals surface area contributed by atoms with Crippen molar-refractivity contribution in [2.75, 3.05) is 26.3 Å². The van der Waals surface area contributed by atoms with Crippen LogP contribution >= 0.6 is 0 Å². The molecule has 1 amide bonds. The maximum absolute atomic E-state index is 13.5. The highest BCUT2D eigenvalue weighted by atomic mass is 16.7. The van der Waals surface area contributed by atoms with Crippen LogP contribution in [-0.4, -0.2) is 47.9 Å². The summed E-state index contributed by atoms with van der Waals surface area (Å²) in [5, 5.41) is 1.18. The van der Waals surface area contributed by atoms with Crippen molar-refractivity contribution in [3.05, 3.63) is 71.4 Å². The molecule has 33 heavy (non-hydrogen) atoms. The van der Waals surface area contributed by atoms with Gasteiger partial charge in [0, 0.05) is 55.4 Å². The number of para-hydroxylation sites is 1. The molecule has 2 aliphatic heterocycles. The Balaban J connectivity index is 1.41. The molecule has 0 bridgehead atoms. The first kappa shape index (κ1) is 22.2. The second-order valence-corrected chi connectivity index (χ2v) is 10.4. The molecule has 5 rings (SSSR count). The molecule has 0 radical (unpaired) electrons. The lowest BCUT2D eigenvalue weighted by Crippen LogP contribution is -2.47. The number of piperidine rings is 1. The van der Waals surface area contributed by atoms with E-state index in [1.807, 2.05) is 11.0 Å². The van der Waals surface area contributed by atoms with Gasteiger partial charge in [-0.1, -0.05) is 63.2 Å². The number of H-pyrrole nitrogens is 1. The summed E-state index contributed by atoms with van der Waals surface area (Å²) in [7, 11) is 0. The number of carbonyl (C=O) groups excluding carboxylic acids is 1. The van der Waals surface area contributed by atoms with Crippen LogP contribution < -0.4 is 0 Å². The lowest BCUT2D eigenvalue weighted by molar-refractivity contribution is -0.187. The first-order valence-electron chi connectivity index (χ1n) is 12.1. The normalized spacial score (nSPS) is 19.3. The highest BCUT2D eigenvalue weighted by Crippen LogP contribution is 2.36. The topological polar surface area (TPSA) is 54.6 Å². The molecule has 0 saturated carbocycles. The minimum Gasteiger partial charge on any atom is -0.361 e. The molecule has 2 aliphatic rings. The summed E-state index contributed by atoms with van der Waals surface area (Å²) in [4.78, 5) is 18.9. The van der Waals surface area contributed by atoms with Crippen LogP contribution in [0.1, 0.15) is 62.6 Å². The summed E-state index contributed by atoms with van der Waals surface area (Å²) in [5.41, 5.74) is 4.86. The summed E-state index contributed by atoms with van der Waals surface area (Å²) in [6, 6.07) is 17.2. The van der Waals surface area contributed by atoms with Crippen molar-refractivity contribution in [2.45, 2.75) is 57.2 Å². The predicted octanol–water partition coefficient (Wildman–Crippen LogP) is 5.35. The largest absolute Gasteiger partial charge is 0.361 e. The Morgan fingerprint density at radius 3 is 2.36 bits per heavy atom. The van der Waals surface area contributed by atoms with Crippen LogP contribution in [0.25, 0.3) is 10.9 Å². The Morgan fingerprint density at radius 2 is 1.70 bits per heavy atom. The number of likely N-dealkylation sites (tertiary alicyclic amines) is 1. The van der Waals surface area contributed by atoms with E-state index in [0.717, 1.165) is 18.4 Å². The van der Waals surface area contributed by atoms with Crippen molar-refractivity contribution in [1.29, 1.82) is 0 Å². The van der Waals surface area contributed by atoms with E-state index in [9.17, 15) is 4.79 Å². The minimum absolute atomic E-state index is 0.00228. The third-order valence-corrected chi connectivity index (χ3v) is 7.25. The van der Waals surface area contributed by atoms with Gasteiger partial charge in [0.2, 0.25) is 5.91 Å². The highest BCUT2D eigenvalue weighted by Gasteiger charge is 2.41. The molecule has 2 saturated heterocycles. The van der Waals surface area contributed by atoms with E-state index in [2.05, 4.69) is 74.4 Å². The molecule has 5 heteroatoms. The molecule has 174 valence electrons. The van der Waals surface area contributed by atoms with Crippen molar-refractivity contribution in [1.82, 2.24) is 9.88 Å². The number of nitrogens with zero attached hydrogens (tertiary/aromatic N) is 1. The van der Waals surface area contributed by atoms with E-state index in [1.54, 1.807) is 0 Å². The van der Waals surface area contributed by atoms with Crippen molar-refractivity contribution in [3.8, 4) is 0 Å². The second-order valence-electron chi connectivity index (χ2n) is 10.4. The van der Waals surface area contributed by atoms with Gasteiger partial charge in [-0.15, -0.1) is 0 Å². The van der Waals surface area contributed by atoms with Gasteiger partial charge in [0.05, 0.1) is 13.2 Å². The number of amides is 1. The maximum Gasteiger partial charge on any atom is 0.223 e. The first-order valence-corrected chi connectivity index (χ1v) is 12.1. The SMILES string of the molecule is CC(C)(C)c1ccc([C@H](CC(=O)N2CCC3(CC2)OCCO3)c2c[nH]c3ccccc23)cc1. The standard InChI is InChI=1S/C28H34N2O3/c1-27(2,3)21-10-8-20(9-11-21)23(24-19-29-25-7-5-4-6-22(24)25)18-26(31)30-14-12-28(13-15-30)32-16-17-33-28/h4-11,19,23,29H,12-18H2,1-3H3/t23-/m0/s1. The number of aromatic nitrogens is 1. The Kier molecular flexibility index (Phi) is 5.79. The Bertz CT molecular complexity index is 1110. The predicted molar refractivity (Wildman–Crippen MR) is 130 cm³/mol. The Labute approximate surface area is 196 Å². The lowest BCUT2D eigenvalue weighted by atomic mass is 9.83. The fourth-order valence-corrected chi connectivity index (χ4v) is 5.19. The van der Waals surface area contributed by atoms with Gasteiger partial charge < -0.3 is 19.4 Å². The van der Waals surface area contributed by atoms with Crippen molar-refractivity contribution >= 4 is 16.8 Å². The third-order valence-electron chi connectivity index (χ3n) is 7.25. The number of hydrogen-bond donors (Lipinski definition) is 1. The Hall–Kier alpha value is -2.63. The summed E-state index contributed by atoms with van der Waals surface area (Å²) in [6.45, 7) is 9.35. The second kappa shape index (κ2) is 8.62. The van der Waals surface area contributed by atoms with E-state index in [-0.39, 0.29) is 17.2 Å². The average molecular weight is 447 g/mol. The quantitative estimate of drug-likeness (QED) is 0.588. The first-order chi connectivity index (χ1) is 15.8. The molecule has 2 fully saturated rings. The fourth-order valence-electron chi connectivity index (χ4n) is 5.19. The molecular weight excluding hydrogens is 412 g/mol. The van der Waals surface area contributed by atoms with Gasteiger partial charge in [-0.05, 0) is 28.2 Å². The van der Waals surface area contributed by atoms with Crippen molar-refractivity contribution < 1.29 is 14.3 Å². The van der Waals surface area contributed by atoms with E-state index in [4.69, 9.17) is 9.47 Å². The number of carbonyl (C=O) groups is 1. The lowest BCUT2D eigenvalue weighted by Gasteiger charge is -2.38. The van der Waals surface area contributed by atoms with Gasteiger partial charge in [0.25, 0.3) is 0 Å². The molecule has 1 N–H and O–H groups in total.